The van der Waals surface area contributed by atoms with Gasteiger partial charge in [0.25, 0.3) is 0 Å². The number of nitrogens with zero attached hydrogens (tertiary/aromatic N) is 1. The summed E-state index contributed by atoms with van der Waals surface area (Å²) in [6.45, 7) is 5.90. The molecule has 0 aliphatic carbocycles. The van der Waals surface area contributed by atoms with E-state index in [0.717, 1.165) is 31.5 Å². The first-order valence-electron chi connectivity index (χ1n) is 6.98. The van der Waals surface area contributed by atoms with E-state index in [9.17, 15) is 4.79 Å². The Labute approximate surface area is 131 Å². The Hall–Kier alpha value is -0.770. The maximum absolute atomic E-state index is 12.6. The van der Waals surface area contributed by atoms with Gasteiger partial charge in [-0.3, -0.25) is 4.79 Å². The predicted octanol–water partition coefficient (Wildman–Crippen LogP) is 3.68. The third-order valence-corrected chi connectivity index (χ3v) is 3.92. The van der Waals surface area contributed by atoms with Gasteiger partial charge in [-0.2, -0.15) is 0 Å². The van der Waals surface area contributed by atoms with E-state index in [4.69, 9.17) is 28.9 Å². The number of amides is 1. The van der Waals surface area contributed by atoms with Crippen LogP contribution in [0.4, 0.5) is 0 Å². The van der Waals surface area contributed by atoms with Crippen LogP contribution in [0.1, 0.15) is 38.2 Å². The van der Waals surface area contributed by atoms with Crippen LogP contribution in [0.15, 0.2) is 18.2 Å². The average Bonchev–Trinajstić information content (AvgIpc) is 2.43. The Balaban J connectivity index is 2.97. The Morgan fingerprint density at radius 3 is 2.25 bits per heavy atom. The molecule has 5 heteroatoms. The van der Waals surface area contributed by atoms with Crippen molar-refractivity contribution in [3.05, 3.63) is 33.8 Å². The van der Waals surface area contributed by atoms with Crippen molar-refractivity contribution in [2.24, 2.45) is 5.73 Å². The summed E-state index contributed by atoms with van der Waals surface area (Å²) in [6, 6.07) is 5.26. The minimum absolute atomic E-state index is 0.0644. The molecule has 1 amide bonds. The third-order valence-electron chi connectivity index (χ3n) is 3.18. The quantitative estimate of drug-likeness (QED) is 0.834. The van der Waals surface area contributed by atoms with Crippen LogP contribution in [0.2, 0.25) is 10.0 Å². The molecule has 0 unspecified atom stereocenters. The van der Waals surface area contributed by atoms with Gasteiger partial charge in [-0.1, -0.05) is 43.1 Å². The number of carbonyl (C=O) groups is 1. The molecule has 0 saturated heterocycles. The molecule has 1 atom stereocenters. The molecule has 0 aliphatic rings. The molecule has 0 heterocycles. The highest BCUT2D eigenvalue weighted by molar-refractivity contribution is 6.42. The second-order valence-corrected chi connectivity index (χ2v) is 5.60. The van der Waals surface area contributed by atoms with Gasteiger partial charge in [0.05, 0.1) is 16.0 Å². The number of rotatable bonds is 7. The van der Waals surface area contributed by atoms with Gasteiger partial charge in [0, 0.05) is 19.6 Å². The number of nitrogens with two attached hydrogens (primary N) is 1. The molecule has 0 bridgehead atoms. The number of benzene rings is 1. The van der Waals surface area contributed by atoms with Crippen molar-refractivity contribution in [1.29, 1.82) is 0 Å². The van der Waals surface area contributed by atoms with Gasteiger partial charge >= 0.3 is 0 Å². The smallest absolute Gasteiger partial charge is 0.231 e. The molecule has 0 spiro atoms. The van der Waals surface area contributed by atoms with Crippen LogP contribution in [0.5, 0.6) is 0 Å². The molecule has 112 valence electrons. The second-order valence-electron chi connectivity index (χ2n) is 4.79. The summed E-state index contributed by atoms with van der Waals surface area (Å²) in [4.78, 5) is 14.5. The fourth-order valence-electron chi connectivity index (χ4n) is 2.20. The Kier molecular flexibility index (Phi) is 7.35. The largest absolute Gasteiger partial charge is 0.342 e. The highest BCUT2D eigenvalue weighted by Gasteiger charge is 2.24. The summed E-state index contributed by atoms with van der Waals surface area (Å²) in [5.41, 5.74) is 6.62. The molecule has 0 aromatic heterocycles. The minimum atomic E-state index is -0.358. The molecule has 2 N–H and O–H groups in total. The molecular weight excluding hydrogens is 295 g/mol. The molecular formula is C15H22Cl2N2O. The maximum atomic E-state index is 12.6. The van der Waals surface area contributed by atoms with E-state index in [-0.39, 0.29) is 18.4 Å². The Bertz CT molecular complexity index is 445. The summed E-state index contributed by atoms with van der Waals surface area (Å²) in [5, 5.41) is 0.936. The second kappa shape index (κ2) is 8.50. The van der Waals surface area contributed by atoms with Crippen molar-refractivity contribution in [2.45, 2.75) is 32.6 Å². The maximum Gasteiger partial charge on any atom is 0.231 e. The van der Waals surface area contributed by atoms with Crippen LogP contribution in [0.25, 0.3) is 0 Å². The van der Waals surface area contributed by atoms with Gasteiger partial charge < -0.3 is 10.6 Å². The SMILES string of the molecule is CCCN(CCC)C(=O)[C@H](CN)c1ccc(Cl)c(Cl)c1. The van der Waals surface area contributed by atoms with Gasteiger partial charge in [0.15, 0.2) is 0 Å². The highest BCUT2D eigenvalue weighted by Crippen LogP contribution is 2.27. The monoisotopic (exact) mass is 316 g/mol. The van der Waals surface area contributed by atoms with Crippen LogP contribution < -0.4 is 5.73 Å². The molecule has 1 aromatic rings. The zero-order chi connectivity index (χ0) is 15.1. The van der Waals surface area contributed by atoms with E-state index < -0.39 is 0 Å². The molecule has 1 aromatic carbocycles. The van der Waals surface area contributed by atoms with E-state index in [2.05, 4.69) is 13.8 Å². The van der Waals surface area contributed by atoms with Crippen molar-refractivity contribution in [2.75, 3.05) is 19.6 Å². The van der Waals surface area contributed by atoms with Gasteiger partial charge in [-0.05, 0) is 30.5 Å². The van der Waals surface area contributed by atoms with Gasteiger partial charge in [0.2, 0.25) is 5.91 Å². The van der Waals surface area contributed by atoms with Crippen molar-refractivity contribution in [3.8, 4) is 0 Å². The lowest BCUT2D eigenvalue weighted by Gasteiger charge is -2.26. The third kappa shape index (κ3) is 4.37. The topological polar surface area (TPSA) is 46.3 Å². The zero-order valence-electron chi connectivity index (χ0n) is 12.0. The van der Waals surface area contributed by atoms with Crippen molar-refractivity contribution >= 4 is 29.1 Å². The van der Waals surface area contributed by atoms with E-state index in [1.165, 1.54) is 0 Å². The minimum Gasteiger partial charge on any atom is -0.342 e. The lowest BCUT2D eigenvalue weighted by Crippen LogP contribution is -2.38. The van der Waals surface area contributed by atoms with E-state index in [0.29, 0.717) is 10.0 Å². The summed E-state index contributed by atoms with van der Waals surface area (Å²) in [6.07, 6.45) is 1.87. The number of hydrogen-bond donors (Lipinski definition) is 1. The van der Waals surface area contributed by atoms with E-state index >= 15 is 0 Å². The molecule has 1 rings (SSSR count). The molecule has 0 saturated carbocycles. The first-order valence-corrected chi connectivity index (χ1v) is 7.74. The lowest BCUT2D eigenvalue weighted by atomic mass is 9.97. The number of hydrogen-bond acceptors (Lipinski definition) is 2. The normalized spacial score (nSPS) is 12.2. The number of halogens is 2. The fraction of sp³-hybridized carbons (Fsp3) is 0.533. The lowest BCUT2D eigenvalue weighted by molar-refractivity contribution is -0.132. The van der Waals surface area contributed by atoms with Crippen LogP contribution >= 0.6 is 23.2 Å². The highest BCUT2D eigenvalue weighted by atomic mass is 35.5. The van der Waals surface area contributed by atoms with E-state index in [1.807, 2.05) is 11.0 Å². The molecule has 0 fully saturated rings. The average molecular weight is 317 g/mol. The molecule has 20 heavy (non-hydrogen) atoms. The fourth-order valence-corrected chi connectivity index (χ4v) is 2.51. The zero-order valence-corrected chi connectivity index (χ0v) is 13.5. The van der Waals surface area contributed by atoms with Crippen LogP contribution in [-0.2, 0) is 4.79 Å². The predicted molar refractivity (Wildman–Crippen MR) is 85.4 cm³/mol. The van der Waals surface area contributed by atoms with Gasteiger partial charge in [-0.15, -0.1) is 0 Å². The van der Waals surface area contributed by atoms with Crippen molar-refractivity contribution < 1.29 is 4.79 Å². The summed E-state index contributed by atoms with van der Waals surface area (Å²) in [5.74, 6) is -0.294. The Morgan fingerprint density at radius 1 is 1.20 bits per heavy atom. The first-order chi connectivity index (χ1) is 9.54. The van der Waals surface area contributed by atoms with Gasteiger partial charge in [0.1, 0.15) is 0 Å². The Morgan fingerprint density at radius 2 is 1.80 bits per heavy atom. The standard InChI is InChI=1S/C15H22Cl2N2O/c1-3-7-19(8-4-2)15(20)12(10-18)11-5-6-13(16)14(17)9-11/h5-6,9,12H,3-4,7-8,10,18H2,1-2H3/t12-/m1/s1. The van der Waals surface area contributed by atoms with E-state index in [1.54, 1.807) is 12.1 Å². The summed E-state index contributed by atoms with van der Waals surface area (Å²) >= 11 is 11.9. The first kappa shape index (κ1) is 17.3. The molecule has 3 nitrogen and oxygen atoms in total. The van der Waals surface area contributed by atoms with Crippen molar-refractivity contribution in [3.63, 3.8) is 0 Å². The van der Waals surface area contributed by atoms with Crippen LogP contribution in [0.3, 0.4) is 0 Å². The van der Waals surface area contributed by atoms with Crippen LogP contribution in [-0.4, -0.2) is 30.4 Å². The summed E-state index contributed by atoms with van der Waals surface area (Å²) < 4.78 is 0. The molecule has 0 radical (unpaired) electrons. The molecule has 0 aliphatic heterocycles. The van der Waals surface area contributed by atoms with Gasteiger partial charge in [-0.25, -0.2) is 0 Å². The van der Waals surface area contributed by atoms with Crippen LogP contribution in [0, 0.1) is 0 Å². The number of carbonyl (C=O) groups excluding carboxylic acids is 1. The van der Waals surface area contributed by atoms with Crippen molar-refractivity contribution in [1.82, 2.24) is 4.90 Å². The summed E-state index contributed by atoms with van der Waals surface area (Å²) in [7, 11) is 0.